The summed E-state index contributed by atoms with van der Waals surface area (Å²) in [6.45, 7) is 5.35. The van der Waals surface area contributed by atoms with Crippen molar-refractivity contribution in [3.05, 3.63) is 42.0 Å². The normalized spacial score (nSPS) is 15.2. The zero-order valence-corrected chi connectivity index (χ0v) is 16.7. The first-order valence-corrected chi connectivity index (χ1v) is 9.58. The zero-order chi connectivity index (χ0) is 20.8. The summed E-state index contributed by atoms with van der Waals surface area (Å²) in [4.78, 5) is 35.9. The fourth-order valence-electron chi connectivity index (χ4n) is 3.23. The Kier molecular flexibility index (Phi) is 7.00. The smallest absolute Gasteiger partial charge is 0.349 e. The maximum absolute atomic E-state index is 12.4. The molecule has 0 atom stereocenters. The van der Waals surface area contributed by atoms with Gasteiger partial charge in [0, 0.05) is 6.42 Å². The predicted octanol–water partition coefficient (Wildman–Crippen LogP) is 3.72. The first-order chi connectivity index (χ1) is 13.2. The van der Waals surface area contributed by atoms with Crippen LogP contribution in [0.15, 0.2) is 36.4 Å². The van der Waals surface area contributed by atoms with Gasteiger partial charge in [0.05, 0.1) is 6.61 Å². The lowest BCUT2D eigenvalue weighted by atomic mass is 9.79. The first-order valence-electron chi connectivity index (χ1n) is 9.58. The molecular weight excluding hydrogens is 360 g/mol. The van der Waals surface area contributed by atoms with Crippen LogP contribution in [0.5, 0.6) is 5.75 Å². The van der Waals surface area contributed by atoms with Gasteiger partial charge in [-0.2, -0.15) is 0 Å². The van der Waals surface area contributed by atoms with E-state index in [1.165, 1.54) is 0 Å². The average Bonchev–Trinajstić information content (AvgIpc) is 3.14. The number of rotatable bonds is 10. The summed E-state index contributed by atoms with van der Waals surface area (Å²) in [5, 5.41) is 9.44. The monoisotopic (exact) mass is 388 g/mol. The predicted molar refractivity (Wildman–Crippen MR) is 104 cm³/mol. The molecule has 1 aromatic rings. The molecule has 0 saturated carbocycles. The van der Waals surface area contributed by atoms with Crippen molar-refractivity contribution >= 4 is 17.7 Å². The van der Waals surface area contributed by atoms with Crippen molar-refractivity contribution in [3.63, 3.8) is 0 Å². The topological polar surface area (TPSA) is 89.9 Å². The van der Waals surface area contributed by atoms with Crippen molar-refractivity contribution < 1.29 is 29.0 Å². The number of hydrogen-bond donors (Lipinski definition) is 1. The molecule has 152 valence electrons. The summed E-state index contributed by atoms with van der Waals surface area (Å²) in [7, 11) is 0. The number of carboxylic acid groups (broad SMARTS) is 1. The highest BCUT2D eigenvalue weighted by Crippen LogP contribution is 2.36. The van der Waals surface area contributed by atoms with Crippen LogP contribution in [0.25, 0.3) is 0 Å². The number of carbonyl (C=O) groups is 3. The van der Waals surface area contributed by atoms with E-state index in [0.29, 0.717) is 25.2 Å². The zero-order valence-electron chi connectivity index (χ0n) is 16.7. The van der Waals surface area contributed by atoms with E-state index in [1.807, 2.05) is 12.1 Å². The summed E-state index contributed by atoms with van der Waals surface area (Å²) >= 11 is 0. The van der Waals surface area contributed by atoms with E-state index >= 15 is 0 Å². The molecule has 0 fully saturated rings. The lowest BCUT2D eigenvalue weighted by Crippen LogP contribution is -2.39. The van der Waals surface area contributed by atoms with Crippen LogP contribution in [0.1, 0.15) is 52.0 Å². The fourth-order valence-corrected chi connectivity index (χ4v) is 3.23. The second kappa shape index (κ2) is 9.04. The molecule has 0 saturated heterocycles. The number of allylic oxidation sites excluding steroid dienone is 2. The lowest BCUT2D eigenvalue weighted by Gasteiger charge is -2.24. The molecule has 1 aliphatic rings. The highest BCUT2D eigenvalue weighted by Gasteiger charge is 2.45. The number of carboxylic acids is 1. The Hall–Kier alpha value is -2.63. The number of benzene rings is 1. The van der Waals surface area contributed by atoms with Gasteiger partial charge in [-0.05, 0) is 64.2 Å². The van der Waals surface area contributed by atoms with E-state index in [1.54, 1.807) is 45.1 Å². The number of ketones is 1. The number of hydrogen-bond acceptors (Lipinski definition) is 5. The number of Topliss-reactive ketones (excluding diaryl/α,β-unsaturated/α-hetero) is 1. The molecule has 0 spiro atoms. The Labute approximate surface area is 165 Å². The van der Waals surface area contributed by atoms with Gasteiger partial charge in [-0.1, -0.05) is 24.3 Å². The molecule has 0 bridgehead atoms. The van der Waals surface area contributed by atoms with E-state index < -0.39 is 23.0 Å². The van der Waals surface area contributed by atoms with Crippen molar-refractivity contribution in [2.75, 3.05) is 6.61 Å². The van der Waals surface area contributed by atoms with Crippen LogP contribution >= 0.6 is 0 Å². The molecule has 28 heavy (non-hydrogen) atoms. The van der Waals surface area contributed by atoms with Gasteiger partial charge in [0.25, 0.3) is 0 Å². The molecule has 0 amide bonds. The van der Waals surface area contributed by atoms with Crippen molar-refractivity contribution in [1.29, 1.82) is 0 Å². The van der Waals surface area contributed by atoms with Crippen LogP contribution in [0.3, 0.4) is 0 Å². The standard InChI is InChI=1S/C22H28O6/c1-4-27-20(26)21(2,3)28-17-12-10-16(11-13-17)8-7-9-18(23)22(19(24)25)14-5-6-15-22/h5-6,10-13H,4,7-9,14-15H2,1-3H3,(H,24,25). The van der Waals surface area contributed by atoms with E-state index in [-0.39, 0.29) is 25.0 Å². The van der Waals surface area contributed by atoms with Crippen molar-refractivity contribution in [1.82, 2.24) is 0 Å². The molecule has 0 aliphatic heterocycles. The van der Waals surface area contributed by atoms with E-state index in [9.17, 15) is 19.5 Å². The summed E-state index contributed by atoms with van der Waals surface area (Å²) in [5.41, 5.74) is -1.33. The summed E-state index contributed by atoms with van der Waals surface area (Å²) in [6, 6.07) is 7.31. The van der Waals surface area contributed by atoms with Crippen molar-refractivity contribution in [2.24, 2.45) is 5.41 Å². The second-order valence-corrected chi connectivity index (χ2v) is 7.52. The number of ether oxygens (including phenoxy) is 2. The van der Waals surface area contributed by atoms with Crippen LogP contribution in [-0.4, -0.2) is 35.0 Å². The van der Waals surface area contributed by atoms with Gasteiger partial charge >= 0.3 is 11.9 Å². The Morgan fingerprint density at radius 2 is 1.71 bits per heavy atom. The van der Waals surface area contributed by atoms with E-state index in [2.05, 4.69) is 0 Å². The third kappa shape index (κ3) is 5.00. The van der Waals surface area contributed by atoms with E-state index in [0.717, 1.165) is 5.56 Å². The van der Waals surface area contributed by atoms with Crippen LogP contribution in [0, 0.1) is 5.41 Å². The summed E-state index contributed by atoms with van der Waals surface area (Å²) in [6.07, 6.45) is 5.58. The largest absolute Gasteiger partial charge is 0.480 e. The minimum absolute atomic E-state index is 0.207. The molecular formula is C22H28O6. The van der Waals surface area contributed by atoms with Crippen LogP contribution in [0.4, 0.5) is 0 Å². The summed E-state index contributed by atoms with van der Waals surface area (Å²) in [5.74, 6) is -1.11. The Morgan fingerprint density at radius 1 is 1.11 bits per heavy atom. The molecule has 6 heteroatoms. The van der Waals surface area contributed by atoms with Crippen LogP contribution in [-0.2, 0) is 25.5 Å². The Balaban J connectivity index is 1.87. The molecule has 1 N–H and O–H groups in total. The van der Waals surface area contributed by atoms with Gasteiger partial charge in [0.15, 0.2) is 11.4 Å². The lowest BCUT2D eigenvalue weighted by molar-refractivity contribution is -0.158. The molecule has 0 heterocycles. The number of aryl methyl sites for hydroxylation is 1. The number of aliphatic carboxylic acids is 1. The Morgan fingerprint density at radius 3 is 2.25 bits per heavy atom. The molecule has 0 aromatic heterocycles. The SMILES string of the molecule is CCOC(=O)C(C)(C)Oc1ccc(CCCC(=O)C2(C(=O)O)CC=CC2)cc1. The van der Waals surface area contributed by atoms with E-state index in [4.69, 9.17) is 9.47 Å². The highest BCUT2D eigenvalue weighted by atomic mass is 16.6. The van der Waals surface area contributed by atoms with Crippen molar-refractivity contribution in [3.8, 4) is 5.75 Å². The molecule has 0 unspecified atom stereocenters. The highest BCUT2D eigenvalue weighted by molar-refractivity contribution is 6.03. The minimum atomic E-state index is -1.27. The maximum atomic E-state index is 12.4. The fraction of sp³-hybridized carbons (Fsp3) is 0.500. The van der Waals surface area contributed by atoms with Gasteiger partial charge in [0.2, 0.25) is 0 Å². The van der Waals surface area contributed by atoms with Gasteiger partial charge in [-0.3, -0.25) is 9.59 Å². The van der Waals surface area contributed by atoms with Gasteiger partial charge < -0.3 is 14.6 Å². The molecule has 0 radical (unpaired) electrons. The van der Waals surface area contributed by atoms with Crippen molar-refractivity contribution in [2.45, 2.75) is 58.5 Å². The third-order valence-corrected chi connectivity index (χ3v) is 4.98. The quantitative estimate of drug-likeness (QED) is 0.373. The van der Waals surface area contributed by atoms with Gasteiger partial charge in [-0.15, -0.1) is 0 Å². The maximum Gasteiger partial charge on any atom is 0.349 e. The van der Waals surface area contributed by atoms with Crippen LogP contribution in [0.2, 0.25) is 0 Å². The average molecular weight is 388 g/mol. The third-order valence-electron chi connectivity index (χ3n) is 4.98. The molecule has 6 nitrogen and oxygen atoms in total. The summed E-state index contributed by atoms with van der Waals surface area (Å²) < 4.78 is 10.7. The van der Waals surface area contributed by atoms with Gasteiger partial charge in [0.1, 0.15) is 11.2 Å². The molecule has 1 aromatic carbocycles. The Bertz CT molecular complexity index is 737. The minimum Gasteiger partial charge on any atom is -0.480 e. The van der Waals surface area contributed by atoms with Gasteiger partial charge in [-0.25, -0.2) is 4.79 Å². The first kappa shape index (κ1) is 21.7. The number of carbonyl (C=O) groups excluding carboxylic acids is 2. The number of esters is 1. The molecule has 2 rings (SSSR count). The molecule has 1 aliphatic carbocycles. The second-order valence-electron chi connectivity index (χ2n) is 7.52. The van der Waals surface area contributed by atoms with Crippen LogP contribution < -0.4 is 4.74 Å².